The summed E-state index contributed by atoms with van der Waals surface area (Å²) in [7, 11) is 0. The van der Waals surface area contributed by atoms with Gasteiger partial charge in [-0.3, -0.25) is 4.79 Å². The molecule has 0 saturated carbocycles. The maximum Gasteiger partial charge on any atom is 0.223 e. The highest BCUT2D eigenvalue weighted by molar-refractivity contribution is 9.11. The summed E-state index contributed by atoms with van der Waals surface area (Å²) in [6, 6.07) is 0. The lowest BCUT2D eigenvalue weighted by atomic mass is 9.97. The van der Waals surface area contributed by atoms with Crippen molar-refractivity contribution in [2.75, 3.05) is 5.32 Å². The van der Waals surface area contributed by atoms with Crippen LogP contribution in [0, 0.1) is 5.92 Å². The van der Waals surface area contributed by atoms with Crippen LogP contribution in [0.15, 0.2) is 3.79 Å². The molecule has 3 nitrogen and oxygen atoms in total. The van der Waals surface area contributed by atoms with Crippen molar-refractivity contribution >= 4 is 38.3 Å². The van der Waals surface area contributed by atoms with Gasteiger partial charge in [0.05, 0.1) is 9.48 Å². The van der Waals surface area contributed by atoms with E-state index >= 15 is 0 Å². The molecule has 1 amide bonds. The third-order valence-corrected chi connectivity index (χ3v) is 3.85. The minimum Gasteiger partial charge on any atom is -0.302 e. The maximum atomic E-state index is 10.9. The van der Waals surface area contributed by atoms with Crippen LogP contribution in [-0.4, -0.2) is 10.9 Å². The van der Waals surface area contributed by atoms with Crippen LogP contribution in [0.2, 0.25) is 0 Å². The van der Waals surface area contributed by atoms with Crippen molar-refractivity contribution in [3.8, 4) is 0 Å². The molecular formula is C11H17BrN2OS. The van der Waals surface area contributed by atoms with Crippen LogP contribution < -0.4 is 5.32 Å². The second-order valence-electron chi connectivity index (χ2n) is 4.39. The molecule has 0 aromatic carbocycles. The second kappa shape index (κ2) is 5.77. The molecule has 0 bridgehead atoms. The molecule has 90 valence electrons. The number of thiazole rings is 1. The van der Waals surface area contributed by atoms with Gasteiger partial charge in [-0.15, -0.1) is 0 Å². The van der Waals surface area contributed by atoms with Gasteiger partial charge in [-0.25, -0.2) is 4.98 Å². The lowest BCUT2D eigenvalue weighted by molar-refractivity contribution is -0.114. The van der Waals surface area contributed by atoms with Crippen LogP contribution in [0.5, 0.6) is 0 Å². The summed E-state index contributed by atoms with van der Waals surface area (Å²) in [5, 5.41) is 3.38. The lowest BCUT2D eigenvalue weighted by Gasteiger charge is -2.11. The van der Waals surface area contributed by atoms with E-state index in [0.717, 1.165) is 15.9 Å². The van der Waals surface area contributed by atoms with E-state index in [-0.39, 0.29) is 5.91 Å². The van der Waals surface area contributed by atoms with Gasteiger partial charge in [0, 0.05) is 12.8 Å². The topological polar surface area (TPSA) is 42.0 Å². The lowest BCUT2D eigenvalue weighted by Crippen LogP contribution is -2.06. The van der Waals surface area contributed by atoms with Crippen molar-refractivity contribution < 1.29 is 4.79 Å². The first-order valence-electron chi connectivity index (χ1n) is 5.34. The molecule has 1 heterocycles. The molecule has 0 aliphatic rings. The summed E-state index contributed by atoms with van der Waals surface area (Å²) in [4.78, 5) is 15.4. The smallest absolute Gasteiger partial charge is 0.223 e. The van der Waals surface area contributed by atoms with E-state index in [1.54, 1.807) is 0 Å². The molecule has 1 aromatic rings. The number of hydrogen-bond acceptors (Lipinski definition) is 3. The highest BCUT2D eigenvalue weighted by Crippen LogP contribution is 2.35. The van der Waals surface area contributed by atoms with Gasteiger partial charge in [0.1, 0.15) is 0 Å². The van der Waals surface area contributed by atoms with Crippen LogP contribution >= 0.6 is 27.3 Å². The Labute approximate surface area is 109 Å². The quantitative estimate of drug-likeness (QED) is 0.913. The SMILES string of the molecule is CC(=O)Nc1nc(C(C)CC(C)C)c(Br)s1. The van der Waals surface area contributed by atoms with Crippen molar-refractivity contribution in [3.63, 3.8) is 0 Å². The Morgan fingerprint density at radius 1 is 1.50 bits per heavy atom. The highest BCUT2D eigenvalue weighted by atomic mass is 79.9. The number of aromatic nitrogens is 1. The van der Waals surface area contributed by atoms with E-state index in [1.165, 1.54) is 18.3 Å². The summed E-state index contributed by atoms with van der Waals surface area (Å²) in [5.41, 5.74) is 1.04. The van der Waals surface area contributed by atoms with Gasteiger partial charge >= 0.3 is 0 Å². The number of nitrogens with one attached hydrogen (secondary N) is 1. The molecule has 16 heavy (non-hydrogen) atoms. The number of nitrogens with zero attached hydrogens (tertiary/aromatic N) is 1. The van der Waals surface area contributed by atoms with Crippen LogP contribution in [0.4, 0.5) is 5.13 Å². The molecule has 1 rings (SSSR count). The molecule has 0 radical (unpaired) electrons. The third-order valence-electron chi connectivity index (χ3n) is 2.18. The van der Waals surface area contributed by atoms with Crippen LogP contribution in [-0.2, 0) is 4.79 Å². The maximum absolute atomic E-state index is 10.9. The van der Waals surface area contributed by atoms with Crippen molar-refractivity contribution in [1.82, 2.24) is 4.98 Å². The average molecular weight is 305 g/mol. The number of carbonyl (C=O) groups excluding carboxylic acids is 1. The molecule has 0 saturated heterocycles. The fourth-order valence-corrected chi connectivity index (χ4v) is 3.44. The Kier molecular flexibility index (Phi) is 4.92. The first-order valence-corrected chi connectivity index (χ1v) is 6.95. The summed E-state index contributed by atoms with van der Waals surface area (Å²) >= 11 is 4.97. The van der Waals surface area contributed by atoms with Gasteiger partial charge in [0.2, 0.25) is 5.91 Å². The zero-order valence-electron chi connectivity index (χ0n) is 10.0. The van der Waals surface area contributed by atoms with E-state index in [2.05, 4.69) is 47.0 Å². The second-order valence-corrected chi connectivity index (χ2v) is 6.71. The largest absolute Gasteiger partial charge is 0.302 e. The van der Waals surface area contributed by atoms with Crippen LogP contribution in [0.3, 0.4) is 0 Å². The van der Waals surface area contributed by atoms with Gasteiger partial charge in [-0.05, 0) is 28.3 Å². The molecule has 0 aliphatic carbocycles. The Morgan fingerprint density at radius 2 is 2.12 bits per heavy atom. The van der Waals surface area contributed by atoms with Gasteiger partial charge in [0.25, 0.3) is 0 Å². The summed E-state index contributed by atoms with van der Waals surface area (Å²) in [6.07, 6.45) is 1.10. The van der Waals surface area contributed by atoms with Gasteiger partial charge in [0.15, 0.2) is 5.13 Å². The zero-order chi connectivity index (χ0) is 12.3. The molecular weight excluding hydrogens is 288 g/mol. The zero-order valence-corrected chi connectivity index (χ0v) is 12.4. The summed E-state index contributed by atoms with van der Waals surface area (Å²) in [6.45, 7) is 8.06. The molecule has 1 unspecified atom stereocenters. The Hall–Kier alpha value is -0.420. The number of hydrogen-bond donors (Lipinski definition) is 1. The fourth-order valence-electron chi connectivity index (χ4n) is 1.64. The Morgan fingerprint density at radius 3 is 2.62 bits per heavy atom. The predicted molar refractivity (Wildman–Crippen MR) is 72.0 cm³/mol. The van der Waals surface area contributed by atoms with Crippen molar-refractivity contribution in [3.05, 3.63) is 9.48 Å². The standard InChI is InChI=1S/C11H17BrN2OS/c1-6(2)5-7(3)9-10(12)16-11(14-9)13-8(4)15/h6-7H,5H2,1-4H3,(H,13,14,15). The normalized spacial score (nSPS) is 12.9. The predicted octanol–water partition coefficient (Wildman–Crippen LogP) is 4.01. The first-order chi connectivity index (χ1) is 7.40. The van der Waals surface area contributed by atoms with Gasteiger partial charge in [-0.2, -0.15) is 0 Å². The number of rotatable bonds is 4. The highest BCUT2D eigenvalue weighted by Gasteiger charge is 2.17. The number of carbonyl (C=O) groups is 1. The van der Waals surface area contributed by atoms with E-state index in [0.29, 0.717) is 17.0 Å². The molecule has 0 spiro atoms. The van der Waals surface area contributed by atoms with E-state index in [4.69, 9.17) is 0 Å². The van der Waals surface area contributed by atoms with E-state index < -0.39 is 0 Å². The van der Waals surface area contributed by atoms with E-state index in [9.17, 15) is 4.79 Å². The molecule has 1 aromatic heterocycles. The summed E-state index contributed by atoms with van der Waals surface area (Å²) in [5.74, 6) is 0.977. The Balaban J connectivity index is 2.80. The van der Waals surface area contributed by atoms with Crippen molar-refractivity contribution in [2.24, 2.45) is 5.92 Å². The number of amides is 1. The van der Waals surface area contributed by atoms with Crippen molar-refractivity contribution in [1.29, 1.82) is 0 Å². The van der Waals surface area contributed by atoms with Crippen LogP contribution in [0.1, 0.15) is 45.7 Å². The van der Waals surface area contributed by atoms with Gasteiger partial charge in [-0.1, -0.05) is 32.1 Å². The summed E-state index contributed by atoms with van der Waals surface area (Å²) < 4.78 is 1.02. The molecule has 0 fully saturated rings. The van der Waals surface area contributed by atoms with Gasteiger partial charge < -0.3 is 5.32 Å². The molecule has 0 aliphatic heterocycles. The minimum atomic E-state index is -0.0793. The molecule has 1 atom stereocenters. The first kappa shape index (κ1) is 13.6. The third kappa shape index (κ3) is 3.87. The molecule has 5 heteroatoms. The monoisotopic (exact) mass is 304 g/mol. The van der Waals surface area contributed by atoms with Crippen LogP contribution in [0.25, 0.3) is 0 Å². The van der Waals surface area contributed by atoms with E-state index in [1.807, 2.05) is 0 Å². The van der Waals surface area contributed by atoms with Crippen molar-refractivity contribution in [2.45, 2.75) is 40.0 Å². The Bertz CT molecular complexity index is 376. The average Bonchev–Trinajstić information content (AvgIpc) is 2.44. The minimum absolute atomic E-state index is 0.0793. The number of anilines is 1. The fraction of sp³-hybridized carbons (Fsp3) is 0.636. The molecule has 1 N–H and O–H groups in total. The number of halogens is 1.